The summed E-state index contributed by atoms with van der Waals surface area (Å²) in [6.45, 7) is 4.12. The van der Waals surface area contributed by atoms with E-state index in [9.17, 15) is 4.79 Å². The smallest absolute Gasteiger partial charge is 0.270 e. The standard InChI is InChI=1S/C13H19N5O/c1-9(2)11(12-14-7-8-17(12)3)16-13(19)10-5-6-15-18(10)4/h5-9,11H,1-4H3,(H,16,19)/t11-/m0/s1. The van der Waals surface area contributed by atoms with Crippen molar-refractivity contribution < 1.29 is 4.79 Å². The van der Waals surface area contributed by atoms with Gasteiger partial charge in [-0.05, 0) is 12.0 Å². The molecule has 0 spiro atoms. The molecule has 0 aliphatic carbocycles. The molecular formula is C13H19N5O. The lowest BCUT2D eigenvalue weighted by molar-refractivity contribution is 0.0912. The third-order valence-electron chi connectivity index (χ3n) is 3.14. The third-order valence-corrected chi connectivity index (χ3v) is 3.14. The number of hydrogen-bond acceptors (Lipinski definition) is 3. The zero-order valence-electron chi connectivity index (χ0n) is 11.7. The maximum Gasteiger partial charge on any atom is 0.270 e. The van der Waals surface area contributed by atoms with Crippen molar-refractivity contribution in [2.45, 2.75) is 19.9 Å². The number of nitrogens with one attached hydrogen (secondary N) is 1. The average molecular weight is 261 g/mol. The van der Waals surface area contributed by atoms with E-state index in [1.54, 1.807) is 30.2 Å². The lowest BCUT2D eigenvalue weighted by Crippen LogP contribution is -2.34. The number of nitrogens with zero attached hydrogens (tertiary/aromatic N) is 4. The Morgan fingerprint density at radius 3 is 2.53 bits per heavy atom. The Kier molecular flexibility index (Phi) is 3.69. The summed E-state index contributed by atoms with van der Waals surface area (Å²) in [6, 6.07) is 1.58. The van der Waals surface area contributed by atoms with Gasteiger partial charge in [-0.3, -0.25) is 9.48 Å². The van der Waals surface area contributed by atoms with E-state index < -0.39 is 0 Å². The predicted octanol–water partition coefficient (Wildman–Crippen LogP) is 1.28. The van der Waals surface area contributed by atoms with Crippen LogP contribution in [0.25, 0.3) is 0 Å². The van der Waals surface area contributed by atoms with Crippen LogP contribution in [0.2, 0.25) is 0 Å². The van der Waals surface area contributed by atoms with Crippen LogP contribution < -0.4 is 5.32 Å². The lowest BCUT2D eigenvalue weighted by Gasteiger charge is -2.22. The average Bonchev–Trinajstić information content (AvgIpc) is 2.94. The Labute approximate surface area is 112 Å². The van der Waals surface area contributed by atoms with Crippen molar-refractivity contribution in [1.29, 1.82) is 0 Å². The van der Waals surface area contributed by atoms with E-state index >= 15 is 0 Å². The fraction of sp³-hybridized carbons (Fsp3) is 0.462. The second kappa shape index (κ2) is 5.26. The molecule has 0 unspecified atom stereocenters. The molecule has 1 N–H and O–H groups in total. The van der Waals surface area contributed by atoms with Crippen molar-refractivity contribution >= 4 is 5.91 Å². The second-order valence-corrected chi connectivity index (χ2v) is 4.93. The van der Waals surface area contributed by atoms with Gasteiger partial charge in [-0.1, -0.05) is 13.8 Å². The van der Waals surface area contributed by atoms with E-state index in [-0.39, 0.29) is 17.9 Å². The normalized spacial score (nSPS) is 12.7. The van der Waals surface area contributed by atoms with Gasteiger partial charge in [-0.15, -0.1) is 0 Å². The summed E-state index contributed by atoms with van der Waals surface area (Å²) in [6.07, 6.45) is 5.22. The van der Waals surface area contributed by atoms with Gasteiger partial charge in [0.05, 0.1) is 6.04 Å². The summed E-state index contributed by atoms with van der Waals surface area (Å²) >= 11 is 0. The minimum absolute atomic E-state index is 0.123. The first-order chi connectivity index (χ1) is 9.00. The zero-order chi connectivity index (χ0) is 14.0. The molecule has 0 fully saturated rings. The van der Waals surface area contributed by atoms with E-state index in [4.69, 9.17) is 0 Å². The van der Waals surface area contributed by atoms with Gasteiger partial charge in [-0.25, -0.2) is 4.98 Å². The van der Waals surface area contributed by atoms with Crippen molar-refractivity contribution in [3.05, 3.63) is 36.2 Å². The van der Waals surface area contributed by atoms with E-state index in [1.807, 2.05) is 17.8 Å². The summed E-state index contributed by atoms with van der Waals surface area (Å²) in [5.74, 6) is 0.963. The molecular weight excluding hydrogens is 242 g/mol. The van der Waals surface area contributed by atoms with Gasteiger partial charge in [0.15, 0.2) is 0 Å². The number of aromatic nitrogens is 4. The fourth-order valence-corrected chi connectivity index (χ4v) is 2.02. The van der Waals surface area contributed by atoms with Crippen LogP contribution in [0.3, 0.4) is 0 Å². The Morgan fingerprint density at radius 2 is 2.05 bits per heavy atom. The van der Waals surface area contributed by atoms with Crippen molar-refractivity contribution in [1.82, 2.24) is 24.6 Å². The molecule has 19 heavy (non-hydrogen) atoms. The van der Waals surface area contributed by atoms with Crippen LogP contribution in [-0.4, -0.2) is 25.2 Å². The highest BCUT2D eigenvalue weighted by molar-refractivity contribution is 5.92. The van der Waals surface area contributed by atoms with Gasteiger partial charge in [0, 0.05) is 32.7 Å². The first kappa shape index (κ1) is 13.3. The van der Waals surface area contributed by atoms with Gasteiger partial charge in [0.2, 0.25) is 0 Å². The first-order valence-electron chi connectivity index (χ1n) is 6.26. The fourth-order valence-electron chi connectivity index (χ4n) is 2.02. The molecule has 0 bridgehead atoms. The van der Waals surface area contributed by atoms with Gasteiger partial charge in [0.1, 0.15) is 11.5 Å². The van der Waals surface area contributed by atoms with Crippen LogP contribution in [0.15, 0.2) is 24.7 Å². The highest BCUT2D eigenvalue weighted by Crippen LogP contribution is 2.20. The molecule has 2 aromatic rings. The van der Waals surface area contributed by atoms with Crippen LogP contribution in [0.5, 0.6) is 0 Å². The monoisotopic (exact) mass is 261 g/mol. The highest BCUT2D eigenvalue weighted by atomic mass is 16.2. The Balaban J connectivity index is 2.21. The Hall–Kier alpha value is -2.11. The van der Waals surface area contributed by atoms with E-state index in [2.05, 4.69) is 29.2 Å². The van der Waals surface area contributed by atoms with Crippen molar-refractivity contribution in [2.75, 3.05) is 0 Å². The summed E-state index contributed by atoms with van der Waals surface area (Å²) in [5.41, 5.74) is 0.542. The predicted molar refractivity (Wildman–Crippen MR) is 71.5 cm³/mol. The van der Waals surface area contributed by atoms with Gasteiger partial charge >= 0.3 is 0 Å². The molecule has 0 saturated carbocycles. The van der Waals surface area contributed by atoms with Crippen LogP contribution in [0.4, 0.5) is 0 Å². The second-order valence-electron chi connectivity index (χ2n) is 4.93. The number of imidazole rings is 1. The number of hydrogen-bond donors (Lipinski definition) is 1. The Morgan fingerprint density at radius 1 is 1.32 bits per heavy atom. The molecule has 0 aliphatic rings. The maximum absolute atomic E-state index is 12.2. The molecule has 1 atom stereocenters. The molecule has 102 valence electrons. The number of amides is 1. The molecule has 0 aromatic carbocycles. The molecule has 1 amide bonds. The molecule has 0 saturated heterocycles. The van der Waals surface area contributed by atoms with E-state index in [0.29, 0.717) is 5.69 Å². The van der Waals surface area contributed by atoms with E-state index in [1.165, 1.54) is 0 Å². The minimum atomic E-state index is -0.137. The number of aryl methyl sites for hydroxylation is 2. The molecule has 6 heteroatoms. The summed E-state index contributed by atoms with van der Waals surface area (Å²) in [5, 5.41) is 7.02. The lowest BCUT2D eigenvalue weighted by atomic mass is 10.0. The van der Waals surface area contributed by atoms with Crippen LogP contribution in [-0.2, 0) is 14.1 Å². The highest BCUT2D eigenvalue weighted by Gasteiger charge is 2.23. The molecule has 2 heterocycles. The van der Waals surface area contributed by atoms with Gasteiger partial charge in [-0.2, -0.15) is 5.10 Å². The quantitative estimate of drug-likeness (QED) is 0.901. The summed E-state index contributed by atoms with van der Waals surface area (Å²) < 4.78 is 3.49. The van der Waals surface area contributed by atoms with Crippen LogP contribution in [0, 0.1) is 5.92 Å². The first-order valence-corrected chi connectivity index (χ1v) is 6.26. The van der Waals surface area contributed by atoms with Gasteiger partial charge in [0.25, 0.3) is 5.91 Å². The summed E-state index contributed by atoms with van der Waals surface area (Å²) in [4.78, 5) is 16.6. The van der Waals surface area contributed by atoms with Crippen LogP contribution >= 0.6 is 0 Å². The third kappa shape index (κ3) is 2.67. The maximum atomic E-state index is 12.2. The van der Waals surface area contributed by atoms with E-state index in [0.717, 1.165) is 5.82 Å². The topological polar surface area (TPSA) is 64.7 Å². The van der Waals surface area contributed by atoms with Crippen LogP contribution in [0.1, 0.15) is 36.2 Å². The Bertz CT molecular complexity index is 569. The zero-order valence-corrected chi connectivity index (χ0v) is 11.7. The van der Waals surface area contributed by atoms with Crippen molar-refractivity contribution in [2.24, 2.45) is 20.0 Å². The molecule has 0 aliphatic heterocycles. The molecule has 0 radical (unpaired) electrons. The molecule has 6 nitrogen and oxygen atoms in total. The molecule has 2 aromatic heterocycles. The summed E-state index contributed by atoms with van der Waals surface area (Å²) in [7, 11) is 3.67. The number of carbonyl (C=O) groups excluding carboxylic acids is 1. The van der Waals surface area contributed by atoms with Gasteiger partial charge < -0.3 is 9.88 Å². The SMILES string of the molecule is CC(C)[C@H](NC(=O)c1ccnn1C)c1nccn1C. The number of rotatable bonds is 4. The molecule has 2 rings (SSSR count). The number of carbonyl (C=O) groups is 1. The van der Waals surface area contributed by atoms with Crippen molar-refractivity contribution in [3.63, 3.8) is 0 Å². The minimum Gasteiger partial charge on any atom is -0.340 e. The van der Waals surface area contributed by atoms with Crippen molar-refractivity contribution in [3.8, 4) is 0 Å². The largest absolute Gasteiger partial charge is 0.340 e.